The average Bonchev–Trinajstić information content (AvgIpc) is 3.08. The largest absolute Gasteiger partial charge is 0.497 e. The first kappa shape index (κ1) is 20.5. The standard InChI is InChI=1S/C24H17ClO6/c1-28-15-8-10-20(29-2)14(11-15)12-22-23(26)18-9-7-16(13-21(18)31-22)30-24(27)17-5-3-4-6-19(17)25/h3-13H,1-2H3. The second-order valence-corrected chi connectivity index (χ2v) is 6.98. The topological polar surface area (TPSA) is 71.1 Å². The summed E-state index contributed by atoms with van der Waals surface area (Å²) in [6, 6.07) is 16.4. The zero-order chi connectivity index (χ0) is 22.0. The minimum absolute atomic E-state index is 0.121. The minimum Gasteiger partial charge on any atom is -0.497 e. The number of ether oxygens (including phenoxy) is 4. The summed E-state index contributed by atoms with van der Waals surface area (Å²) in [7, 11) is 3.09. The molecule has 0 amide bonds. The van der Waals surface area contributed by atoms with Crippen molar-refractivity contribution in [2.24, 2.45) is 0 Å². The Labute approximate surface area is 183 Å². The summed E-state index contributed by atoms with van der Waals surface area (Å²) in [5.41, 5.74) is 1.24. The highest BCUT2D eigenvalue weighted by atomic mass is 35.5. The molecular formula is C24H17ClO6. The van der Waals surface area contributed by atoms with Crippen LogP contribution in [0.1, 0.15) is 26.3 Å². The molecule has 0 aliphatic carbocycles. The van der Waals surface area contributed by atoms with E-state index in [1.54, 1.807) is 61.7 Å². The molecule has 156 valence electrons. The van der Waals surface area contributed by atoms with E-state index in [4.69, 9.17) is 30.5 Å². The number of esters is 1. The second-order valence-electron chi connectivity index (χ2n) is 6.57. The minimum atomic E-state index is -0.605. The van der Waals surface area contributed by atoms with Crippen LogP contribution in [0.4, 0.5) is 0 Å². The van der Waals surface area contributed by atoms with Crippen molar-refractivity contribution in [3.8, 4) is 23.0 Å². The summed E-state index contributed by atoms with van der Waals surface area (Å²) in [6.07, 6.45) is 1.58. The maximum Gasteiger partial charge on any atom is 0.345 e. The molecule has 3 aromatic rings. The van der Waals surface area contributed by atoms with Crippen LogP contribution >= 0.6 is 11.6 Å². The lowest BCUT2D eigenvalue weighted by Crippen LogP contribution is -2.09. The van der Waals surface area contributed by atoms with Gasteiger partial charge >= 0.3 is 5.97 Å². The fourth-order valence-electron chi connectivity index (χ4n) is 3.11. The molecule has 0 bridgehead atoms. The molecule has 31 heavy (non-hydrogen) atoms. The molecule has 0 unspecified atom stereocenters. The zero-order valence-electron chi connectivity index (χ0n) is 16.7. The van der Waals surface area contributed by atoms with E-state index in [2.05, 4.69) is 0 Å². The number of fused-ring (bicyclic) bond motifs is 1. The molecule has 6 nitrogen and oxygen atoms in total. The second kappa shape index (κ2) is 8.53. The van der Waals surface area contributed by atoms with Crippen LogP contribution in [0.25, 0.3) is 6.08 Å². The van der Waals surface area contributed by atoms with E-state index in [-0.39, 0.29) is 27.9 Å². The van der Waals surface area contributed by atoms with E-state index in [0.29, 0.717) is 28.4 Å². The Morgan fingerprint density at radius 3 is 2.48 bits per heavy atom. The molecule has 0 atom stereocenters. The molecule has 1 aliphatic rings. The van der Waals surface area contributed by atoms with Crippen LogP contribution in [0.2, 0.25) is 5.02 Å². The monoisotopic (exact) mass is 436 g/mol. The summed E-state index contributed by atoms with van der Waals surface area (Å²) in [4.78, 5) is 25.1. The van der Waals surface area contributed by atoms with E-state index in [1.807, 2.05) is 0 Å². The predicted molar refractivity (Wildman–Crippen MR) is 115 cm³/mol. The Morgan fingerprint density at radius 2 is 1.74 bits per heavy atom. The lowest BCUT2D eigenvalue weighted by atomic mass is 10.1. The van der Waals surface area contributed by atoms with Crippen molar-refractivity contribution in [3.05, 3.63) is 88.1 Å². The van der Waals surface area contributed by atoms with Gasteiger partial charge in [-0.2, -0.15) is 0 Å². The van der Waals surface area contributed by atoms with E-state index in [0.717, 1.165) is 0 Å². The normalized spacial score (nSPS) is 13.5. The van der Waals surface area contributed by atoms with Crippen LogP contribution in [-0.4, -0.2) is 26.0 Å². The number of carbonyl (C=O) groups is 2. The Morgan fingerprint density at radius 1 is 0.968 bits per heavy atom. The molecule has 3 aromatic carbocycles. The van der Waals surface area contributed by atoms with Gasteiger partial charge in [0.15, 0.2) is 5.76 Å². The maximum atomic E-state index is 12.8. The summed E-state index contributed by atoms with van der Waals surface area (Å²) in [5.74, 6) is 0.936. The number of benzene rings is 3. The summed E-state index contributed by atoms with van der Waals surface area (Å²) < 4.78 is 21.7. The average molecular weight is 437 g/mol. The molecule has 1 heterocycles. The Kier molecular flexibility index (Phi) is 5.64. The third kappa shape index (κ3) is 4.11. The Bertz CT molecular complexity index is 1210. The number of Topliss-reactive ketones (excluding diaryl/α,β-unsaturated/α-hetero) is 1. The quantitative estimate of drug-likeness (QED) is 0.311. The summed E-state index contributed by atoms with van der Waals surface area (Å²) in [6.45, 7) is 0. The van der Waals surface area contributed by atoms with Gasteiger partial charge in [-0.05, 0) is 48.5 Å². The molecule has 0 spiro atoms. The lowest BCUT2D eigenvalue weighted by Gasteiger charge is -2.08. The van der Waals surface area contributed by atoms with E-state index < -0.39 is 5.97 Å². The van der Waals surface area contributed by atoms with Crippen molar-refractivity contribution in [3.63, 3.8) is 0 Å². The predicted octanol–water partition coefficient (Wildman–Crippen LogP) is 5.19. The highest BCUT2D eigenvalue weighted by molar-refractivity contribution is 6.33. The number of rotatable bonds is 5. The van der Waals surface area contributed by atoms with Gasteiger partial charge in [-0.25, -0.2) is 4.79 Å². The number of halogens is 1. The first-order valence-corrected chi connectivity index (χ1v) is 9.65. The van der Waals surface area contributed by atoms with Gasteiger partial charge in [-0.1, -0.05) is 23.7 Å². The van der Waals surface area contributed by atoms with Crippen molar-refractivity contribution in [2.75, 3.05) is 14.2 Å². The molecular weight excluding hydrogens is 420 g/mol. The van der Waals surface area contributed by atoms with Gasteiger partial charge in [0.2, 0.25) is 5.78 Å². The zero-order valence-corrected chi connectivity index (χ0v) is 17.4. The number of allylic oxidation sites excluding steroid dienone is 1. The Hall–Kier alpha value is -3.77. The van der Waals surface area contributed by atoms with Gasteiger partial charge in [-0.15, -0.1) is 0 Å². The third-order valence-electron chi connectivity index (χ3n) is 4.67. The van der Waals surface area contributed by atoms with Crippen molar-refractivity contribution < 1.29 is 28.5 Å². The van der Waals surface area contributed by atoms with Crippen molar-refractivity contribution >= 4 is 29.4 Å². The van der Waals surface area contributed by atoms with Gasteiger partial charge in [0.1, 0.15) is 23.0 Å². The number of hydrogen-bond donors (Lipinski definition) is 0. The van der Waals surface area contributed by atoms with Gasteiger partial charge < -0.3 is 18.9 Å². The summed E-state index contributed by atoms with van der Waals surface area (Å²) in [5, 5.41) is 0.289. The Balaban J connectivity index is 1.60. The van der Waals surface area contributed by atoms with Gasteiger partial charge in [0.05, 0.1) is 30.4 Å². The van der Waals surface area contributed by atoms with Gasteiger partial charge in [0, 0.05) is 11.6 Å². The first-order valence-electron chi connectivity index (χ1n) is 9.27. The molecule has 1 aliphatic heterocycles. The van der Waals surface area contributed by atoms with Crippen molar-refractivity contribution in [1.29, 1.82) is 0 Å². The summed E-state index contributed by atoms with van der Waals surface area (Å²) >= 11 is 6.04. The molecule has 0 aromatic heterocycles. The molecule has 7 heteroatoms. The molecule has 0 fully saturated rings. The molecule has 0 saturated heterocycles. The van der Waals surface area contributed by atoms with E-state index >= 15 is 0 Å². The number of ketones is 1. The number of carbonyl (C=O) groups excluding carboxylic acids is 2. The van der Waals surface area contributed by atoms with Crippen LogP contribution in [0.15, 0.2) is 66.4 Å². The van der Waals surface area contributed by atoms with E-state index in [9.17, 15) is 9.59 Å². The molecule has 0 N–H and O–H groups in total. The van der Waals surface area contributed by atoms with Crippen molar-refractivity contribution in [2.45, 2.75) is 0 Å². The van der Waals surface area contributed by atoms with Gasteiger partial charge in [-0.3, -0.25) is 4.79 Å². The van der Waals surface area contributed by atoms with Crippen LogP contribution in [0.3, 0.4) is 0 Å². The van der Waals surface area contributed by atoms with Gasteiger partial charge in [0.25, 0.3) is 0 Å². The number of hydrogen-bond acceptors (Lipinski definition) is 6. The van der Waals surface area contributed by atoms with Crippen LogP contribution in [0, 0.1) is 0 Å². The smallest absolute Gasteiger partial charge is 0.345 e. The lowest BCUT2D eigenvalue weighted by molar-refractivity contribution is 0.0734. The SMILES string of the molecule is COc1ccc(OC)c(C=C2Oc3cc(OC(=O)c4ccccc4Cl)ccc3C2=O)c1. The highest BCUT2D eigenvalue weighted by Crippen LogP contribution is 2.36. The third-order valence-corrected chi connectivity index (χ3v) is 5.00. The molecule has 4 rings (SSSR count). The fourth-order valence-corrected chi connectivity index (χ4v) is 3.33. The van der Waals surface area contributed by atoms with Crippen LogP contribution in [-0.2, 0) is 0 Å². The fraction of sp³-hybridized carbons (Fsp3) is 0.0833. The van der Waals surface area contributed by atoms with Crippen LogP contribution in [0.5, 0.6) is 23.0 Å². The molecule has 0 saturated carbocycles. The van der Waals surface area contributed by atoms with Crippen molar-refractivity contribution in [1.82, 2.24) is 0 Å². The number of methoxy groups -OCH3 is 2. The maximum absolute atomic E-state index is 12.8. The van der Waals surface area contributed by atoms with E-state index in [1.165, 1.54) is 19.2 Å². The van der Waals surface area contributed by atoms with Crippen LogP contribution < -0.4 is 18.9 Å². The first-order chi connectivity index (χ1) is 15.0. The highest BCUT2D eigenvalue weighted by Gasteiger charge is 2.28. The molecule has 0 radical (unpaired) electrons.